The van der Waals surface area contributed by atoms with Gasteiger partial charge in [-0.05, 0) is 44.9 Å². The second kappa shape index (κ2) is 4.89. The third-order valence-corrected chi connectivity index (χ3v) is 4.92. The Labute approximate surface area is 106 Å². The van der Waals surface area contributed by atoms with E-state index in [1.54, 1.807) is 0 Å². The van der Waals surface area contributed by atoms with Gasteiger partial charge in [-0.2, -0.15) is 0 Å². The molecular weight excluding hydrogens is 208 g/mol. The fraction of sp³-hybridized carbons (Fsp3) is 1.00. The molecule has 1 saturated heterocycles. The fourth-order valence-corrected chi connectivity index (χ4v) is 3.53. The zero-order chi connectivity index (χ0) is 11.8. The van der Waals surface area contributed by atoms with Crippen LogP contribution in [-0.4, -0.2) is 35.6 Å². The van der Waals surface area contributed by atoms with Crippen LogP contribution in [0.15, 0.2) is 0 Å². The smallest absolute Gasteiger partial charge is 0.0212 e. The molecule has 98 valence electrons. The number of likely N-dealkylation sites (tertiary alicyclic amines) is 1. The van der Waals surface area contributed by atoms with E-state index in [-0.39, 0.29) is 0 Å². The highest BCUT2D eigenvalue weighted by atomic mass is 15.3. The van der Waals surface area contributed by atoms with Crippen molar-refractivity contribution in [3.63, 3.8) is 0 Å². The van der Waals surface area contributed by atoms with Crippen LogP contribution in [0.4, 0.5) is 0 Å². The van der Waals surface area contributed by atoms with E-state index in [2.05, 4.69) is 24.1 Å². The van der Waals surface area contributed by atoms with Crippen molar-refractivity contribution in [2.75, 3.05) is 6.54 Å². The lowest BCUT2D eigenvalue weighted by molar-refractivity contribution is 0.253. The normalized spacial score (nSPS) is 36.4. The molecule has 0 aromatic carbocycles. The van der Waals surface area contributed by atoms with Crippen molar-refractivity contribution in [1.82, 2.24) is 10.2 Å². The molecule has 3 fully saturated rings. The Morgan fingerprint density at radius 2 is 2.00 bits per heavy atom. The zero-order valence-corrected chi connectivity index (χ0v) is 11.5. The monoisotopic (exact) mass is 236 g/mol. The lowest BCUT2D eigenvalue weighted by Gasteiger charge is -2.22. The maximum atomic E-state index is 3.94. The summed E-state index contributed by atoms with van der Waals surface area (Å²) in [6, 6.07) is 3.33. The van der Waals surface area contributed by atoms with E-state index in [0.29, 0.717) is 0 Å². The Morgan fingerprint density at radius 3 is 2.59 bits per heavy atom. The second-order valence-electron chi connectivity index (χ2n) is 6.66. The van der Waals surface area contributed by atoms with Crippen LogP contribution in [0.5, 0.6) is 0 Å². The summed E-state index contributed by atoms with van der Waals surface area (Å²) < 4.78 is 0. The molecule has 0 aromatic rings. The predicted molar refractivity (Wildman–Crippen MR) is 72.2 cm³/mol. The first-order valence-corrected chi connectivity index (χ1v) is 7.78. The van der Waals surface area contributed by atoms with Crippen LogP contribution in [0, 0.1) is 5.92 Å². The Hall–Kier alpha value is -0.0800. The van der Waals surface area contributed by atoms with Gasteiger partial charge >= 0.3 is 0 Å². The van der Waals surface area contributed by atoms with Crippen molar-refractivity contribution < 1.29 is 0 Å². The summed E-state index contributed by atoms with van der Waals surface area (Å²) in [5, 5.41) is 3.94. The molecule has 0 bridgehead atoms. The third kappa shape index (κ3) is 3.03. The first-order chi connectivity index (χ1) is 8.26. The van der Waals surface area contributed by atoms with Gasteiger partial charge in [0.2, 0.25) is 0 Å². The highest BCUT2D eigenvalue weighted by molar-refractivity contribution is 4.97. The minimum absolute atomic E-state index is 0.772. The van der Waals surface area contributed by atoms with E-state index >= 15 is 0 Å². The Morgan fingerprint density at radius 1 is 1.24 bits per heavy atom. The SMILES string of the molecule is CCC(CC1CC1)NC1CC(C)N(C2CC2)C1. The molecule has 3 rings (SSSR count). The average molecular weight is 236 g/mol. The summed E-state index contributed by atoms with van der Waals surface area (Å²) in [6.07, 6.45) is 10.0. The highest BCUT2D eigenvalue weighted by Crippen LogP contribution is 2.36. The van der Waals surface area contributed by atoms with Crippen molar-refractivity contribution in [2.45, 2.75) is 83.0 Å². The predicted octanol–water partition coefficient (Wildman–Crippen LogP) is 2.78. The second-order valence-corrected chi connectivity index (χ2v) is 6.66. The van der Waals surface area contributed by atoms with Crippen molar-refractivity contribution in [1.29, 1.82) is 0 Å². The van der Waals surface area contributed by atoms with Gasteiger partial charge in [-0.1, -0.05) is 19.8 Å². The fourth-order valence-electron chi connectivity index (χ4n) is 3.53. The molecule has 2 nitrogen and oxygen atoms in total. The van der Waals surface area contributed by atoms with Crippen molar-refractivity contribution in [3.8, 4) is 0 Å². The summed E-state index contributed by atoms with van der Waals surface area (Å²) in [7, 11) is 0. The summed E-state index contributed by atoms with van der Waals surface area (Å²) in [6.45, 7) is 6.08. The molecule has 3 atom stereocenters. The van der Waals surface area contributed by atoms with Gasteiger partial charge < -0.3 is 5.32 Å². The Balaban J connectivity index is 1.47. The molecule has 1 aliphatic heterocycles. The molecule has 17 heavy (non-hydrogen) atoms. The number of hydrogen-bond acceptors (Lipinski definition) is 2. The first kappa shape index (κ1) is 12.0. The van der Waals surface area contributed by atoms with Crippen LogP contribution < -0.4 is 5.32 Å². The number of rotatable bonds is 6. The van der Waals surface area contributed by atoms with Crippen LogP contribution in [-0.2, 0) is 0 Å². The summed E-state index contributed by atoms with van der Waals surface area (Å²) in [5.74, 6) is 1.06. The van der Waals surface area contributed by atoms with Gasteiger partial charge in [0.25, 0.3) is 0 Å². The average Bonchev–Trinajstić information content (AvgIpc) is 3.20. The van der Waals surface area contributed by atoms with E-state index in [0.717, 1.165) is 30.1 Å². The van der Waals surface area contributed by atoms with Gasteiger partial charge in [-0.15, -0.1) is 0 Å². The van der Waals surface area contributed by atoms with E-state index in [1.165, 1.54) is 51.5 Å². The molecule has 0 aromatic heterocycles. The molecule has 1 heterocycles. The molecule has 0 spiro atoms. The van der Waals surface area contributed by atoms with Gasteiger partial charge in [-0.3, -0.25) is 4.90 Å². The molecule has 0 amide bonds. The van der Waals surface area contributed by atoms with Crippen LogP contribution in [0.25, 0.3) is 0 Å². The third-order valence-electron chi connectivity index (χ3n) is 4.92. The lowest BCUT2D eigenvalue weighted by Crippen LogP contribution is -2.40. The molecular formula is C15H28N2. The van der Waals surface area contributed by atoms with Gasteiger partial charge in [0, 0.05) is 30.7 Å². The van der Waals surface area contributed by atoms with Gasteiger partial charge in [0.05, 0.1) is 0 Å². The van der Waals surface area contributed by atoms with E-state index < -0.39 is 0 Å². The van der Waals surface area contributed by atoms with Crippen molar-refractivity contribution in [3.05, 3.63) is 0 Å². The molecule has 0 radical (unpaired) electrons. The molecule has 1 N–H and O–H groups in total. The van der Waals surface area contributed by atoms with E-state index in [9.17, 15) is 0 Å². The zero-order valence-electron chi connectivity index (χ0n) is 11.5. The van der Waals surface area contributed by atoms with Gasteiger partial charge in [0.1, 0.15) is 0 Å². The number of nitrogens with one attached hydrogen (secondary N) is 1. The first-order valence-electron chi connectivity index (χ1n) is 7.78. The highest BCUT2D eigenvalue weighted by Gasteiger charge is 2.39. The van der Waals surface area contributed by atoms with Gasteiger partial charge in [-0.25, -0.2) is 0 Å². The molecule has 2 heteroatoms. The number of hydrogen-bond donors (Lipinski definition) is 1. The van der Waals surface area contributed by atoms with Crippen LogP contribution in [0.3, 0.4) is 0 Å². The van der Waals surface area contributed by atoms with E-state index in [4.69, 9.17) is 0 Å². The molecule has 2 saturated carbocycles. The lowest BCUT2D eigenvalue weighted by atomic mass is 10.1. The topological polar surface area (TPSA) is 15.3 Å². The Bertz CT molecular complexity index is 258. The largest absolute Gasteiger partial charge is 0.310 e. The minimum Gasteiger partial charge on any atom is -0.310 e. The van der Waals surface area contributed by atoms with Crippen molar-refractivity contribution >= 4 is 0 Å². The molecule has 3 unspecified atom stereocenters. The summed E-state index contributed by atoms with van der Waals surface area (Å²) >= 11 is 0. The quantitative estimate of drug-likeness (QED) is 0.763. The maximum absolute atomic E-state index is 3.94. The standard InChI is InChI=1S/C15H28N2/c1-3-13(9-12-4-5-12)16-14-8-11(2)17(10-14)15-6-7-15/h11-16H,3-10H2,1-2H3. The van der Waals surface area contributed by atoms with Crippen LogP contribution in [0.1, 0.15) is 58.8 Å². The van der Waals surface area contributed by atoms with Crippen LogP contribution >= 0.6 is 0 Å². The minimum atomic E-state index is 0.772. The molecule has 2 aliphatic carbocycles. The van der Waals surface area contributed by atoms with Crippen molar-refractivity contribution in [2.24, 2.45) is 5.92 Å². The Kier molecular flexibility index (Phi) is 3.45. The van der Waals surface area contributed by atoms with Crippen LogP contribution in [0.2, 0.25) is 0 Å². The van der Waals surface area contributed by atoms with E-state index in [1.807, 2.05) is 0 Å². The summed E-state index contributed by atoms with van der Waals surface area (Å²) in [4.78, 5) is 2.75. The number of nitrogens with zero attached hydrogens (tertiary/aromatic N) is 1. The van der Waals surface area contributed by atoms with Gasteiger partial charge in [0.15, 0.2) is 0 Å². The molecule has 3 aliphatic rings. The summed E-state index contributed by atoms with van der Waals surface area (Å²) in [5.41, 5.74) is 0. The maximum Gasteiger partial charge on any atom is 0.0212 e.